The standard InChI is InChI=1S/C32H30N4O3S/c37-28-19-24(34-31(38)30-18-23-12-6-7-13-29(23)40-30)14-15-25(28)26-20-27(22-10-4-5-11-22)36(35-26)32(39)33-17-16-21-8-2-1-3-9-21/h1-3,6-9,12-15,18-20,22,37H,4-5,10-11,16-17H2,(H,33,39)(H,34,38). The number of aromatic hydroxyl groups is 1. The van der Waals surface area contributed by atoms with Gasteiger partial charge < -0.3 is 15.7 Å². The number of carbonyl (C=O) groups excluding carboxylic acids is 2. The number of phenolic OH excluding ortho intramolecular Hbond substituents is 1. The molecule has 0 bridgehead atoms. The fourth-order valence-corrected chi connectivity index (χ4v) is 6.31. The number of hydrogen-bond acceptors (Lipinski definition) is 5. The minimum Gasteiger partial charge on any atom is -0.507 e. The number of phenols is 1. The SMILES string of the molecule is O=C(Nc1ccc(-c2cc(C3CCCC3)n(C(=O)NCCc3ccccc3)n2)c(O)c1)c1cc2ccccc2s1. The molecule has 0 radical (unpaired) electrons. The Balaban J connectivity index is 1.20. The number of nitrogens with zero attached hydrogens (tertiary/aromatic N) is 2. The Bertz CT molecular complexity index is 1640. The first-order valence-electron chi connectivity index (χ1n) is 13.6. The summed E-state index contributed by atoms with van der Waals surface area (Å²) in [5, 5.41) is 22.4. The number of aromatic nitrogens is 2. The molecule has 3 N–H and O–H groups in total. The van der Waals surface area contributed by atoms with Crippen LogP contribution >= 0.6 is 11.3 Å². The van der Waals surface area contributed by atoms with E-state index in [2.05, 4.69) is 15.7 Å². The van der Waals surface area contributed by atoms with Crippen molar-refractivity contribution in [2.24, 2.45) is 0 Å². The number of benzene rings is 3. The number of nitrogens with one attached hydrogen (secondary N) is 2. The molecule has 0 atom stereocenters. The summed E-state index contributed by atoms with van der Waals surface area (Å²) < 4.78 is 2.51. The summed E-state index contributed by atoms with van der Waals surface area (Å²) in [5.74, 6) is 0.0118. The third-order valence-corrected chi connectivity index (χ3v) is 8.53. The first-order valence-corrected chi connectivity index (χ1v) is 14.4. The molecule has 0 aliphatic heterocycles. The molecule has 8 heteroatoms. The van der Waals surface area contributed by atoms with Crippen LogP contribution in [0.1, 0.15) is 52.5 Å². The zero-order valence-electron chi connectivity index (χ0n) is 22.0. The summed E-state index contributed by atoms with van der Waals surface area (Å²) in [6, 6.07) is 26.4. The Labute approximate surface area is 236 Å². The molecule has 5 aromatic rings. The van der Waals surface area contributed by atoms with Crippen molar-refractivity contribution in [3.05, 3.63) is 101 Å². The van der Waals surface area contributed by atoms with E-state index in [1.54, 1.807) is 12.1 Å². The van der Waals surface area contributed by atoms with Crippen LogP contribution in [0.3, 0.4) is 0 Å². The van der Waals surface area contributed by atoms with E-state index >= 15 is 0 Å². The highest BCUT2D eigenvalue weighted by Gasteiger charge is 2.26. The van der Waals surface area contributed by atoms with Crippen LogP contribution in [-0.2, 0) is 6.42 Å². The number of hydrogen-bond donors (Lipinski definition) is 3. The minimum absolute atomic E-state index is 0.0127. The second-order valence-corrected chi connectivity index (χ2v) is 11.2. The summed E-state index contributed by atoms with van der Waals surface area (Å²) in [6.45, 7) is 0.502. The number of anilines is 1. The summed E-state index contributed by atoms with van der Waals surface area (Å²) in [7, 11) is 0. The first-order chi connectivity index (χ1) is 19.5. The number of carbonyl (C=O) groups is 2. The van der Waals surface area contributed by atoms with Crippen LogP contribution in [0, 0.1) is 0 Å². The maximum Gasteiger partial charge on any atom is 0.342 e. The molecular weight excluding hydrogens is 520 g/mol. The maximum atomic E-state index is 13.2. The molecule has 6 rings (SSSR count). The lowest BCUT2D eigenvalue weighted by Gasteiger charge is -2.12. The Kier molecular flexibility index (Phi) is 7.33. The third kappa shape index (κ3) is 5.49. The van der Waals surface area contributed by atoms with E-state index in [1.165, 1.54) is 22.1 Å². The average Bonchev–Trinajstić information content (AvgIpc) is 3.73. The Morgan fingerprint density at radius 1 is 0.950 bits per heavy atom. The number of thiophene rings is 1. The van der Waals surface area contributed by atoms with Gasteiger partial charge in [0.15, 0.2) is 0 Å². The molecule has 2 heterocycles. The topological polar surface area (TPSA) is 96.3 Å². The van der Waals surface area contributed by atoms with E-state index in [1.807, 2.05) is 66.7 Å². The smallest absolute Gasteiger partial charge is 0.342 e. The fourth-order valence-electron chi connectivity index (χ4n) is 5.35. The van der Waals surface area contributed by atoms with Gasteiger partial charge in [-0.05, 0) is 60.5 Å². The van der Waals surface area contributed by atoms with Gasteiger partial charge >= 0.3 is 6.03 Å². The van der Waals surface area contributed by atoms with Crippen LogP contribution in [0.4, 0.5) is 10.5 Å². The van der Waals surface area contributed by atoms with Gasteiger partial charge in [0, 0.05) is 34.5 Å². The van der Waals surface area contributed by atoms with Crippen molar-refractivity contribution in [1.29, 1.82) is 0 Å². The molecule has 3 aromatic carbocycles. The molecule has 2 aromatic heterocycles. The quantitative estimate of drug-likeness (QED) is 0.200. The average molecular weight is 551 g/mol. The second kappa shape index (κ2) is 11.4. The van der Waals surface area contributed by atoms with Crippen molar-refractivity contribution in [2.75, 3.05) is 11.9 Å². The molecule has 1 fully saturated rings. The lowest BCUT2D eigenvalue weighted by molar-refractivity contribution is 0.103. The lowest BCUT2D eigenvalue weighted by Crippen LogP contribution is -2.32. The van der Waals surface area contributed by atoms with Crippen molar-refractivity contribution in [3.8, 4) is 17.0 Å². The Morgan fingerprint density at radius 2 is 1.73 bits per heavy atom. The normalized spacial score (nSPS) is 13.5. The van der Waals surface area contributed by atoms with Crippen LogP contribution in [0.15, 0.2) is 84.9 Å². The molecule has 2 amide bonds. The summed E-state index contributed by atoms with van der Waals surface area (Å²) in [6.07, 6.45) is 5.00. The molecule has 1 saturated carbocycles. The van der Waals surface area contributed by atoms with Crippen LogP contribution in [0.2, 0.25) is 0 Å². The van der Waals surface area contributed by atoms with Crippen LogP contribution < -0.4 is 10.6 Å². The van der Waals surface area contributed by atoms with Gasteiger partial charge in [0.1, 0.15) is 5.75 Å². The molecule has 0 spiro atoms. The van der Waals surface area contributed by atoms with Crippen LogP contribution in [0.5, 0.6) is 5.75 Å². The van der Waals surface area contributed by atoms with Crippen molar-refractivity contribution in [2.45, 2.75) is 38.0 Å². The van der Waals surface area contributed by atoms with Gasteiger partial charge in [0.25, 0.3) is 5.91 Å². The zero-order valence-corrected chi connectivity index (χ0v) is 22.8. The van der Waals surface area contributed by atoms with Gasteiger partial charge in [-0.2, -0.15) is 9.78 Å². The highest BCUT2D eigenvalue weighted by atomic mass is 32.1. The van der Waals surface area contributed by atoms with Crippen LogP contribution in [0.25, 0.3) is 21.3 Å². The highest BCUT2D eigenvalue weighted by Crippen LogP contribution is 2.38. The van der Waals surface area contributed by atoms with E-state index in [4.69, 9.17) is 0 Å². The molecular formula is C32H30N4O3S. The second-order valence-electron chi connectivity index (χ2n) is 10.1. The van der Waals surface area contributed by atoms with Gasteiger partial charge in [0.2, 0.25) is 0 Å². The van der Waals surface area contributed by atoms with E-state index in [9.17, 15) is 14.7 Å². The number of amides is 2. The van der Waals surface area contributed by atoms with Gasteiger partial charge in [-0.15, -0.1) is 11.3 Å². The minimum atomic E-state index is -0.268. The van der Waals surface area contributed by atoms with Crippen molar-refractivity contribution in [3.63, 3.8) is 0 Å². The Hall–Kier alpha value is -4.43. The molecule has 1 aliphatic rings. The van der Waals surface area contributed by atoms with Crippen molar-refractivity contribution in [1.82, 2.24) is 15.1 Å². The number of rotatable bonds is 7. The molecule has 0 unspecified atom stereocenters. The van der Waals surface area contributed by atoms with Crippen LogP contribution in [-0.4, -0.2) is 33.4 Å². The lowest BCUT2D eigenvalue weighted by atomic mass is 10.0. The molecule has 7 nitrogen and oxygen atoms in total. The van der Waals surface area contributed by atoms with Gasteiger partial charge in [-0.25, -0.2) is 4.79 Å². The number of fused-ring (bicyclic) bond motifs is 1. The first kappa shape index (κ1) is 25.8. The third-order valence-electron chi connectivity index (χ3n) is 7.42. The van der Waals surface area contributed by atoms with Crippen molar-refractivity contribution >= 4 is 39.0 Å². The summed E-state index contributed by atoms with van der Waals surface area (Å²) in [4.78, 5) is 26.7. The maximum absolute atomic E-state index is 13.2. The van der Waals surface area contributed by atoms with E-state index < -0.39 is 0 Å². The summed E-state index contributed by atoms with van der Waals surface area (Å²) >= 11 is 1.43. The Morgan fingerprint density at radius 3 is 2.50 bits per heavy atom. The van der Waals surface area contributed by atoms with Gasteiger partial charge in [0.05, 0.1) is 16.3 Å². The predicted octanol–water partition coefficient (Wildman–Crippen LogP) is 7.18. The molecule has 0 saturated heterocycles. The van der Waals surface area contributed by atoms with E-state index in [0.717, 1.165) is 53.4 Å². The molecule has 1 aliphatic carbocycles. The van der Waals surface area contributed by atoms with Crippen molar-refractivity contribution < 1.29 is 14.7 Å². The predicted molar refractivity (Wildman–Crippen MR) is 159 cm³/mol. The zero-order chi connectivity index (χ0) is 27.5. The summed E-state index contributed by atoms with van der Waals surface area (Å²) in [5.41, 5.74) is 3.54. The highest BCUT2D eigenvalue weighted by molar-refractivity contribution is 7.20. The molecule has 202 valence electrons. The van der Waals surface area contributed by atoms with E-state index in [0.29, 0.717) is 28.4 Å². The monoisotopic (exact) mass is 550 g/mol. The van der Waals surface area contributed by atoms with Gasteiger partial charge in [-0.1, -0.05) is 61.4 Å². The van der Waals surface area contributed by atoms with E-state index in [-0.39, 0.29) is 23.6 Å². The molecule has 40 heavy (non-hydrogen) atoms. The largest absolute Gasteiger partial charge is 0.507 e. The fraction of sp³-hybridized carbons (Fsp3) is 0.219. The van der Waals surface area contributed by atoms with Gasteiger partial charge in [-0.3, -0.25) is 4.79 Å².